The van der Waals surface area contributed by atoms with Gasteiger partial charge in [0, 0.05) is 11.8 Å². The molecule has 0 bridgehead atoms. The Morgan fingerprint density at radius 3 is 0.896 bits per heavy atom. The first-order chi connectivity index (χ1) is 23.3. The first kappa shape index (κ1) is 35.6. The van der Waals surface area contributed by atoms with Crippen molar-refractivity contribution in [2.45, 2.75) is 39.5 Å². The second-order valence-corrected chi connectivity index (χ2v) is 11.0. The van der Waals surface area contributed by atoms with Gasteiger partial charge in [0.1, 0.15) is 0 Å². The fourth-order valence-corrected chi connectivity index (χ4v) is 5.98. The molecule has 0 radical (unpaired) electrons. The molecule has 0 fully saturated rings. The van der Waals surface area contributed by atoms with E-state index >= 15 is 0 Å². The maximum absolute atomic E-state index is 13.8. The van der Waals surface area contributed by atoms with Gasteiger partial charge >= 0.3 is 23.9 Å². The molecule has 250 valence electrons. The standard InChI is InChI=1S/C40H42O8/c1-5-45-37(41)35(38(42)46-6-2)33(31-23-19-29(20-24-31)27-15-11-9-12-16-27)34(36(39(43)47-7-3)40(44)48-8-4)32-25-21-30(22-26-32)28-17-13-10-14-18-28/h9-26,33-36H,5-8H2,1-4H3/t33-,34-/m1/s1. The van der Waals surface area contributed by atoms with Crippen LogP contribution in [0.4, 0.5) is 0 Å². The SMILES string of the molecule is CCOC(=O)C(C(=O)OCC)[C@H](c1ccc(-c2ccccc2)cc1)[C@@H](c1ccc(-c2ccccc2)cc1)C(C(=O)OCC)C(=O)OCC. The van der Waals surface area contributed by atoms with Gasteiger partial charge in [-0.1, -0.05) is 109 Å². The van der Waals surface area contributed by atoms with Gasteiger partial charge in [0.15, 0.2) is 11.8 Å². The van der Waals surface area contributed by atoms with E-state index in [0.717, 1.165) is 22.3 Å². The molecule has 0 spiro atoms. The molecule has 0 aliphatic rings. The van der Waals surface area contributed by atoms with Gasteiger partial charge < -0.3 is 18.9 Å². The van der Waals surface area contributed by atoms with E-state index in [1.165, 1.54) is 0 Å². The number of carbonyl (C=O) groups excluding carboxylic acids is 4. The number of hydrogen-bond acceptors (Lipinski definition) is 8. The number of esters is 4. The molecule has 0 aromatic heterocycles. The van der Waals surface area contributed by atoms with E-state index in [0.29, 0.717) is 11.1 Å². The van der Waals surface area contributed by atoms with Crippen molar-refractivity contribution in [3.63, 3.8) is 0 Å². The van der Waals surface area contributed by atoms with Crippen LogP contribution < -0.4 is 0 Å². The van der Waals surface area contributed by atoms with Crippen LogP contribution in [0.1, 0.15) is 50.7 Å². The van der Waals surface area contributed by atoms with Crippen molar-refractivity contribution in [1.29, 1.82) is 0 Å². The van der Waals surface area contributed by atoms with Crippen molar-refractivity contribution in [3.8, 4) is 22.3 Å². The molecular formula is C40H42O8. The largest absolute Gasteiger partial charge is 0.465 e. The highest BCUT2D eigenvalue weighted by molar-refractivity contribution is 5.99. The summed E-state index contributed by atoms with van der Waals surface area (Å²) < 4.78 is 21.8. The highest BCUT2D eigenvalue weighted by Gasteiger charge is 2.50. The third-order valence-electron chi connectivity index (χ3n) is 8.07. The van der Waals surface area contributed by atoms with E-state index in [1.54, 1.807) is 52.0 Å². The number of ether oxygens (including phenoxy) is 4. The minimum absolute atomic E-state index is 0.00399. The first-order valence-electron chi connectivity index (χ1n) is 16.3. The lowest BCUT2D eigenvalue weighted by atomic mass is 9.68. The molecule has 0 saturated heterocycles. The number of hydrogen-bond donors (Lipinski definition) is 0. The zero-order chi connectivity index (χ0) is 34.5. The molecule has 4 rings (SSSR count). The van der Waals surface area contributed by atoms with Gasteiger partial charge in [0.25, 0.3) is 0 Å². The van der Waals surface area contributed by atoms with E-state index < -0.39 is 47.5 Å². The predicted octanol–water partition coefficient (Wildman–Crippen LogP) is 7.37. The lowest BCUT2D eigenvalue weighted by molar-refractivity contribution is -0.169. The van der Waals surface area contributed by atoms with Crippen molar-refractivity contribution in [2.24, 2.45) is 11.8 Å². The number of benzene rings is 4. The molecule has 0 N–H and O–H groups in total. The van der Waals surface area contributed by atoms with Gasteiger partial charge in [-0.3, -0.25) is 19.2 Å². The third kappa shape index (κ3) is 8.56. The van der Waals surface area contributed by atoms with Crippen LogP contribution >= 0.6 is 0 Å². The molecule has 4 aromatic carbocycles. The van der Waals surface area contributed by atoms with E-state index in [2.05, 4.69) is 0 Å². The Balaban J connectivity index is 2.00. The fourth-order valence-electron chi connectivity index (χ4n) is 5.98. The Hall–Kier alpha value is -5.24. The molecule has 0 aliphatic heterocycles. The molecule has 4 aromatic rings. The summed E-state index contributed by atoms with van der Waals surface area (Å²) in [6.07, 6.45) is 0. The molecule has 48 heavy (non-hydrogen) atoms. The first-order valence-corrected chi connectivity index (χ1v) is 16.3. The maximum Gasteiger partial charge on any atom is 0.320 e. The molecule has 0 saturated carbocycles. The van der Waals surface area contributed by atoms with Crippen LogP contribution in [-0.4, -0.2) is 50.3 Å². The van der Waals surface area contributed by atoms with Gasteiger partial charge in [0.2, 0.25) is 0 Å². The summed E-state index contributed by atoms with van der Waals surface area (Å²) in [6, 6.07) is 34.2. The summed E-state index contributed by atoms with van der Waals surface area (Å²) >= 11 is 0. The van der Waals surface area contributed by atoms with Crippen LogP contribution in [0.25, 0.3) is 22.3 Å². The van der Waals surface area contributed by atoms with Gasteiger partial charge in [-0.2, -0.15) is 0 Å². The summed E-state index contributed by atoms with van der Waals surface area (Å²) in [4.78, 5) is 55.2. The lowest BCUT2D eigenvalue weighted by Gasteiger charge is -2.35. The highest BCUT2D eigenvalue weighted by Crippen LogP contribution is 2.46. The van der Waals surface area contributed by atoms with Crippen molar-refractivity contribution < 1.29 is 38.1 Å². The van der Waals surface area contributed by atoms with Crippen LogP contribution in [0.2, 0.25) is 0 Å². The van der Waals surface area contributed by atoms with E-state index in [1.807, 2.05) is 84.9 Å². The molecule has 0 aliphatic carbocycles. The third-order valence-corrected chi connectivity index (χ3v) is 8.07. The lowest BCUT2D eigenvalue weighted by Crippen LogP contribution is -2.42. The summed E-state index contributed by atoms with van der Waals surface area (Å²) in [5, 5.41) is 0. The molecule has 8 heteroatoms. The zero-order valence-corrected chi connectivity index (χ0v) is 27.8. The number of rotatable bonds is 15. The monoisotopic (exact) mass is 650 g/mol. The van der Waals surface area contributed by atoms with Crippen molar-refractivity contribution >= 4 is 23.9 Å². The van der Waals surface area contributed by atoms with Crippen LogP contribution in [0, 0.1) is 11.8 Å². The average Bonchev–Trinajstić information content (AvgIpc) is 3.11. The van der Waals surface area contributed by atoms with Crippen molar-refractivity contribution in [2.75, 3.05) is 26.4 Å². The Bertz CT molecular complexity index is 1470. The summed E-state index contributed by atoms with van der Waals surface area (Å²) in [6.45, 7) is 6.59. The summed E-state index contributed by atoms with van der Waals surface area (Å²) in [7, 11) is 0. The Morgan fingerprint density at radius 2 is 0.646 bits per heavy atom. The van der Waals surface area contributed by atoms with E-state index in [-0.39, 0.29) is 26.4 Å². The van der Waals surface area contributed by atoms with Gasteiger partial charge in [-0.15, -0.1) is 0 Å². The molecular weight excluding hydrogens is 608 g/mol. The number of carbonyl (C=O) groups is 4. The summed E-state index contributed by atoms with van der Waals surface area (Å²) in [5.41, 5.74) is 4.79. The Labute approximate surface area is 282 Å². The molecule has 0 unspecified atom stereocenters. The Kier molecular flexibility index (Phi) is 13.1. The fraction of sp³-hybridized carbons (Fsp3) is 0.300. The average molecular weight is 651 g/mol. The summed E-state index contributed by atoms with van der Waals surface area (Å²) in [5.74, 6) is -8.58. The molecule has 8 nitrogen and oxygen atoms in total. The minimum atomic E-state index is -1.53. The quantitative estimate of drug-likeness (QED) is 0.0746. The molecule has 2 atom stereocenters. The maximum atomic E-state index is 13.8. The normalized spacial score (nSPS) is 12.2. The van der Waals surface area contributed by atoms with Crippen molar-refractivity contribution in [3.05, 3.63) is 120 Å². The molecule has 0 heterocycles. The van der Waals surface area contributed by atoms with Crippen LogP contribution in [-0.2, 0) is 38.1 Å². The van der Waals surface area contributed by atoms with Crippen LogP contribution in [0.3, 0.4) is 0 Å². The second-order valence-electron chi connectivity index (χ2n) is 11.0. The highest BCUT2D eigenvalue weighted by atomic mass is 16.6. The van der Waals surface area contributed by atoms with Gasteiger partial charge in [0.05, 0.1) is 26.4 Å². The van der Waals surface area contributed by atoms with Crippen LogP contribution in [0.15, 0.2) is 109 Å². The van der Waals surface area contributed by atoms with Crippen LogP contribution in [0.5, 0.6) is 0 Å². The predicted molar refractivity (Wildman–Crippen MR) is 183 cm³/mol. The van der Waals surface area contributed by atoms with Gasteiger partial charge in [-0.25, -0.2) is 0 Å². The van der Waals surface area contributed by atoms with E-state index in [4.69, 9.17) is 18.9 Å². The Morgan fingerprint density at radius 1 is 0.396 bits per heavy atom. The zero-order valence-electron chi connectivity index (χ0n) is 27.8. The van der Waals surface area contributed by atoms with Crippen molar-refractivity contribution in [1.82, 2.24) is 0 Å². The minimum Gasteiger partial charge on any atom is -0.465 e. The molecule has 0 amide bonds. The van der Waals surface area contributed by atoms with E-state index in [9.17, 15) is 19.2 Å². The van der Waals surface area contributed by atoms with Gasteiger partial charge in [-0.05, 0) is 61.1 Å². The topological polar surface area (TPSA) is 105 Å². The second kappa shape index (κ2) is 17.6. The smallest absolute Gasteiger partial charge is 0.320 e.